The van der Waals surface area contributed by atoms with Crippen molar-refractivity contribution in [1.29, 1.82) is 0 Å². The first-order valence-electron chi connectivity index (χ1n) is 11.7. The number of ether oxygens (including phenoxy) is 2. The third-order valence-corrected chi connectivity index (χ3v) is 7.01. The van der Waals surface area contributed by atoms with Crippen LogP contribution in [0.15, 0.2) is 16.7 Å². The largest absolute Gasteiger partial charge is 0.507 e. The Morgan fingerprint density at radius 2 is 2.03 bits per heavy atom. The van der Waals surface area contributed by atoms with Crippen LogP contribution in [-0.2, 0) is 15.9 Å². The third kappa shape index (κ3) is 3.65. The molecule has 7 heteroatoms. The minimum Gasteiger partial charge on any atom is -0.507 e. The monoisotopic (exact) mass is 446 g/mol. The zero-order valence-corrected chi connectivity index (χ0v) is 19.2. The molecule has 3 N–H and O–H groups in total. The molecule has 2 saturated heterocycles. The van der Waals surface area contributed by atoms with Gasteiger partial charge in [0.1, 0.15) is 11.3 Å². The highest BCUT2D eigenvalue weighted by molar-refractivity contribution is 6.00. The number of hydrogen-bond donors (Lipinski definition) is 3. The Morgan fingerprint density at radius 1 is 1.28 bits per heavy atom. The molecule has 3 heterocycles. The molecule has 1 aromatic carbocycles. The van der Waals surface area contributed by atoms with E-state index in [0.717, 1.165) is 23.8 Å². The molecule has 0 radical (unpaired) electrons. The summed E-state index contributed by atoms with van der Waals surface area (Å²) >= 11 is 0. The average molecular weight is 447 g/mol. The van der Waals surface area contributed by atoms with Crippen molar-refractivity contribution in [1.82, 2.24) is 0 Å². The highest BCUT2D eigenvalue weighted by Gasteiger charge is 2.68. The number of furan rings is 1. The predicted molar refractivity (Wildman–Crippen MR) is 119 cm³/mol. The van der Waals surface area contributed by atoms with E-state index in [1.807, 2.05) is 13.0 Å². The predicted octanol–water partition coefficient (Wildman–Crippen LogP) is 4.05. The smallest absolute Gasteiger partial charge is 0.189 e. The number of benzene rings is 1. The lowest BCUT2D eigenvalue weighted by Crippen LogP contribution is -2.53. The van der Waals surface area contributed by atoms with Crippen LogP contribution in [0, 0.1) is 5.92 Å². The van der Waals surface area contributed by atoms with Gasteiger partial charge in [-0.1, -0.05) is 34.1 Å². The van der Waals surface area contributed by atoms with Crippen LogP contribution < -0.4 is 0 Å². The number of aromatic hydroxyl groups is 1. The number of phenols is 1. The summed E-state index contributed by atoms with van der Waals surface area (Å²) in [5.74, 6) is 0.109. The molecule has 2 fully saturated rings. The van der Waals surface area contributed by atoms with Crippen molar-refractivity contribution in [3.63, 3.8) is 0 Å². The van der Waals surface area contributed by atoms with E-state index < -0.39 is 24.1 Å². The summed E-state index contributed by atoms with van der Waals surface area (Å²) in [5, 5.41) is 33.0. The zero-order valence-electron chi connectivity index (χ0n) is 19.2. The van der Waals surface area contributed by atoms with E-state index in [1.54, 1.807) is 6.26 Å². The molecular formula is C25H34O7. The highest BCUT2D eigenvalue weighted by atomic mass is 16.7. The first-order valence-corrected chi connectivity index (χ1v) is 11.7. The maximum Gasteiger partial charge on any atom is 0.189 e. The van der Waals surface area contributed by atoms with E-state index in [9.17, 15) is 20.1 Å². The Kier molecular flexibility index (Phi) is 6.38. The molecule has 1 aromatic heterocycles. The molecule has 176 valence electrons. The van der Waals surface area contributed by atoms with Crippen molar-refractivity contribution in [2.24, 2.45) is 5.92 Å². The van der Waals surface area contributed by atoms with Crippen LogP contribution in [0.3, 0.4) is 0 Å². The van der Waals surface area contributed by atoms with Gasteiger partial charge in [0.05, 0.1) is 30.1 Å². The van der Waals surface area contributed by atoms with E-state index in [0.29, 0.717) is 42.6 Å². The highest BCUT2D eigenvalue weighted by Crippen LogP contribution is 2.51. The molecular weight excluding hydrogens is 412 g/mol. The molecule has 32 heavy (non-hydrogen) atoms. The molecule has 2 aromatic rings. The van der Waals surface area contributed by atoms with Gasteiger partial charge in [0.15, 0.2) is 18.2 Å². The Morgan fingerprint density at radius 3 is 2.59 bits per heavy atom. The van der Waals surface area contributed by atoms with Gasteiger partial charge in [0.25, 0.3) is 0 Å². The normalized spacial score (nSPS) is 30.8. The number of carbonyl (C=O) groups excluding carboxylic acids is 1. The topological polar surface area (TPSA) is 113 Å². The van der Waals surface area contributed by atoms with Gasteiger partial charge >= 0.3 is 0 Å². The molecule has 7 nitrogen and oxygen atoms in total. The number of aliphatic hydroxyl groups excluding tert-OH is 2. The van der Waals surface area contributed by atoms with Gasteiger partial charge in [-0.25, -0.2) is 0 Å². The summed E-state index contributed by atoms with van der Waals surface area (Å²) in [4.78, 5) is 11.8. The van der Waals surface area contributed by atoms with Crippen LogP contribution in [0.2, 0.25) is 0 Å². The number of carbonyl (C=O) groups is 1. The SMILES string of the molecule is CCCC(c1coc2c(C=O)c(O)c(CC(C)C)cc12)[C@H]1CC(O)C2(OC2CC)[C@H](O)O1. The van der Waals surface area contributed by atoms with E-state index in [1.165, 1.54) is 0 Å². The Bertz CT molecular complexity index is 966. The Labute approximate surface area is 188 Å². The van der Waals surface area contributed by atoms with Crippen LogP contribution in [0.5, 0.6) is 5.75 Å². The fraction of sp³-hybridized carbons (Fsp3) is 0.640. The molecule has 0 amide bonds. The second-order valence-corrected chi connectivity index (χ2v) is 9.62. The van der Waals surface area contributed by atoms with Crippen molar-refractivity contribution in [3.8, 4) is 5.75 Å². The Hall–Kier alpha value is -1.93. The minimum atomic E-state index is -1.20. The van der Waals surface area contributed by atoms with Crippen molar-refractivity contribution in [2.75, 3.05) is 0 Å². The number of aliphatic hydroxyl groups is 2. The van der Waals surface area contributed by atoms with Gasteiger partial charge in [-0.15, -0.1) is 0 Å². The molecule has 0 saturated carbocycles. The summed E-state index contributed by atoms with van der Waals surface area (Å²) in [6, 6.07) is 1.90. The van der Waals surface area contributed by atoms with E-state index in [-0.39, 0.29) is 23.3 Å². The summed E-state index contributed by atoms with van der Waals surface area (Å²) in [6.07, 6.45) is 2.85. The number of phenolic OH excluding ortho intramolecular Hbond substituents is 1. The second kappa shape index (κ2) is 8.78. The van der Waals surface area contributed by atoms with Crippen molar-refractivity contribution in [3.05, 3.63) is 29.0 Å². The number of aldehydes is 1. The minimum absolute atomic E-state index is 0.0349. The average Bonchev–Trinajstić information content (AvgIpc) is 3.36. The number of rotatable bonds is 8. The summed E-state index contributed by atoms with van der Waals surface area (Å²) < 4.78 is 17.5. The van der Waals surface area contributed by atoms with Crippen molar-refractivity contribution in [2.45, 2.75) is 95.9 Å². The number of fused-ring (bicyclic) bond motifs is 1. The van der Waals surface area contributed by atoms with E-state index in [2.05, 4.69) is 20.8 Å². The van der Waals surface area contributed by atoms with Crippen LogP contribution in [-0.4, -0.2) is 51.8 Å². The maximum atomic E-state index is 11.8. The summed E-state index contributed by atoms with van der Waals surface area (Å²) in [7, 11) is 0. The van der Waals surface area contributed by atoms with Gasteiger partial charge in [0.2, 0.25) is 0 Å². The summed E-state index contributed by atoms with van der Waals surface area (Å²) in [5.41, 5.74) is 1.04. The molecule has 6 atom stereocenters. The first-order chi connectivity index (χ1) is 15.3. The van der Waals surface area contributed by atoms with Crippen molar-refractivity contribution < 1.29 is 34.0 Å². The van der Waals surface area contributed by atoms with E-state index >= 15 is 0 Å². The third-order valence-electron chi connectivity index (χ3n) is 7.01. The zero-order chi connectivity index (χ0) is 23.2. The first kappa shape index (κ1) is 23.2. The number of hydrogen-bond acceptors (Lipinski definition) is 7. The number of epoxide rings is 1. The summed E-state index contributed by atoms with van der Waals surface area (Å²) in [6.45, 7) is 8.13. The molecule has 0 bridgehead atoms. The van der Waals surface area contributed by atoms with E-state index in [4.69, 9.17) is 13.9 Å². The van der Waals surface area contributed by atoms with Crippen LogP contribution in [0.4, 0.5) is 0 Å². The standard InChI is InChI=1S/C25H34O7/c1-5-7-15(19-10-20(27)25(24(29)31-19)21(6-2)32-25)18-12-30-23-16(18)9-14(8-13(3)4)22(28)17(23)11-26/h9,11-13,15,19-21,24,27-29H,5-8,10H2,1-4H3/t15?,19-,20?,21?,24-,25?/m1/s1. The van der Waals surface area contributed by atoms with Crippen molar-refractivity contribution >= 4 is 17.3 Å². The molecule has 4 unspecified atom stereocenters. The molecule has 2 aliphatic rings. The quantitative estimate of drug-likeness (QED) is 0.414. The lowest BCUT2D eigenvalue weighted by Gasteiger charge is -2.39. The second-order valence-electron chi connectivity index (χ2n) is 9.62. The Balaban J connectivity index is 1.73. The fourth-order valence-corrected chi connectivity index (χ4v) is 5.39. The molecule has 1 spiro atoms. The van der Waals surface area contributed by atoms with Gasteiger partial charge in [-0.05, 0) is 36.8 Å². The van der Waals surface area contributed by atoms with Gasteiger partial charge in [0, 0.05) is 23.3 Å². The van der Waals surface area contributed by atoms with Crippen LogP contribution in [0.1, 0.15) is 80.8 Å². The van der Waals surface area contributed by atoms with Gasteiger partial charge in [-0.2, -0.15) is 0 Å². The maximum absolute atomic E-state index is 11.8. The lowest BCUT2D eigenvalue weighted by molar-refractivity contribution is -0.236. The molecule has 2 aliphatic heterocycles. The lowest BCUT2D eigenvalue weighted by atomic mass is 9.80. The molecule has 4 rings (SSSR count). The van der Waals surface area contributed by atoms with Crippen LogP contribution >= 0.6 is 0 Å². The van der Waals surface area contributed by atoms with Gasteiger partial charge < -0.3 is 29.2 Å². The van der Waals surface area contributed by atoms with Gasteiger partial charge in [-0.3, -0.25) is 4.79 Å². The fourth-order valence-electron chi connectivity index (χ4n) is 5.39. The molecule has 0 aliphatic carbocycles. The van der Waals surface area contributed by atoms with Crippen LogP contribution in [0.25, 0.3) is 11.0 Å².